The van der Waals surface area contributed by atoms with E-state index < -0.39 is 10.9 Å². The molecule has 1 heterocycles. The molecule has 0 amide bonds. The van der Waals surface area contributed by atoms with Crippen molar-refractivity contribution >= 4 is 38.9 Å². The van der Waals surface area contributed by atoms with E-state index in [2.05, 4.69) is 20.9 Å². The largest absolute Gasteiger partial charge is 0.479 e. The predicted octanol–water partition coefficient (Wildman–Crippen LogP) is 3.09. The van der Waals surface area contributed by atoms with E-state index >= 15 is 0 Å². The molecule has 2 aromatic rings. The van der Waals surface area contributed by atoms with Gasteiger partial charge in [-0.2, -0.15) is 0 Å². The van der Waals surface area contributed by atoms with E-state index in [1.807, 2.05) is 0 Å². The molecule has 7 nitrogen and oxygen atoms in total. The molecule has 0 fully saturated rings. The molecule has 20 heavy (non-hydrogen) atoms. The standard InChI is InChI=1S/C11H7BrN2O5S/c12-7-2-1-3-8(14(17)18)9(7)19-4-6-5-20-10(13-6)11(15)16/h1-3,5H,4H2,(H,15,16). The first-order valence-electron chi connectivity index (χ1n) is 5.22. The summed E-state index contributed by atoms with van der Waals surface area (Å²) in [6, 6.07) is 4.47. The number of para-hydroxylation sites is 1. The first kappa shape index (κ1) is 14.4. The lowest BCUT2D eigenvalue weighted by atomic mass is 10.3. The molecule has 0 radical (unpaired) electrons. The maximum Gasteiger partial charge on any atom is 0.365 e. The molecule has 0 spiro atoms. The van der Waals surface area contributed by atoms with Crippen LogP contribution in [0, 0.1) is 10.1 Å². The van der Waals surface area contributed by atoms with Crippen LogP contribution >= 0.6 is 27.3 Å². The highest BCUT2D eigenvalue weighted by Crippen LogP contribution is 2.35. The van der Waals surface area contributed by atoms with E-state index in [4.69, 9.17) is 9.84 Å². The van der Waals surface area contributed by atoms with Gasteiger partial charge in [0, 0.05) is 11.4 Å². The summed E-state index contributed by atoms with van der Waals surface area (Å²) in [5.41, 5.74) is 0.227. The fourth-order valence-corrected chi connectivity index (χ4v) is 2.51. The lowest BCUT2D eigenvalue weighted by Crippen LogP contribution is -2.01. The van der Waals surface area contributed by atoms with Crippen molar-refractivity contribution in [2.75, 3.05) is 0 Å². The molecule has 0 unspecified atom stereocenters. The van der Waals surface area contributed by atoms with E-state index in [0.29, 0.717) is 10.2 Å². The highest BCUT2D eigenvalue weighted by Gasteiger charge is 2.18. The number of aromatic nitrogens is 1. The average molecular weight is 359 g/mol. The molecule has 0 aliphatic heterocycles. The molecule has 104 valence electrons. The minimum atomic E-state index is -1.12. The third kappa shape index (κ3) is 3.11. The minimum absolute atomic E-state index is 0.0484. The first-order valence-corrected chi connectivity index (χ1v) is 6.89. The zero-order valence-electron chi connectivity index (χ0n) is 9.78. The Balaban J connectivity index is 2.18. The third-order valence-corrected chi connectivity index (χ3v) is 3.75. The second kappa shape index (κ2) is 5.97. The van der Waals surface area contributed by atoms with Gasteiger partial charge in [-0.1, -0.05) is 6.07 Å². The summed E-state index contributed by atoms with van der Waals surface area (Å²) >= 11 is 4.15. The van der Waals surface area contributed by atoms with E-state index in [9.17, 15) is 14.9 Å². The summed E-state index contributed by atoms with van der Waals surface area (Å²) in [6.07, 6.45) is 0. The number of carboxylic acid groups (broad SMARTS) is 1. The molecule has 0 saturated heterocycles. The van der Waals surface area contributed by atoms with Gasteiger partial charge in [0.25, 0.3) is 0 Å². The van der Waals surface area contributed by atoms with Crippen molar-refractivity contribution in [2.45, 2.75) is 6.61 Å². The summed E-state index contributed by atoms with van der Waals surface area (Å²) in [7, 11) is 0. The van der Waals surface area contributed by atoms with Crippen LogP contribution in [0.4, 0.5) is 5.69 Å². The number of halogens is 1. The van der Waals surface area contributed by atoms with E-state index in [-0.39, 0.29) is 23.1 Å². The molecule has 0 saturated carbocycles. The number of thiazole rings is 1. The minimum Gasteiger partial charge on any atom is -0.479 e. The van der Waals surface area contributed by atoms with Crippen LogP contribution < -0.4 is 4.74 Å². The number of benzene rings is 1. The molecule has 1 aromatic carbocycles. The maximum absolute atomic E-state index is 10.9. The van der Waals surface area contributed by atoms with Gasteiger partial charge in [-0.3, -0.25) is 10.1 Å². The van der Waals surface area contributed by atoms with Crippen molar-refractivity contribution in [3.05, 3.63) is 48.9 Å². The van der Waals surface area contributed by atoms with Crippen molar-refractivity contribution in [3.8, 4) is 5.75 Å². The van der Waals surface area contributed by atoms with Gasteiger partial charge < -0.3 is 9.84 Å². The van der Waals surface area contributed by atoms with Crippen LogP contribution in [-0.4, -0.2) is 21.0 Å². The summed E-state index contributed by atoms with van der Waals surface area (Å²) in [5.74, 6) is -1.03. The molecule has 0 aliphatic carbocycles. The Kier molecular flexibility index (Phi) is 4.30. The normalized spacial score (nSPS) is 10.2. The van der Waals surface area contributed by atoms with Crippen LogP contribution in [-0.2, 0) is 6.61 Å². The van der Waals surface area contributed by atoms with Crippen LogP contribution in [0.15, 0.2) is 28.1 Å². The van der Waals surface area contributed by atoms with E-state index in [0.717, 1.165) is 11.3 Å². The second-order valence-corrected chi connectivity index (χ2v) is 5.30. The number of nitrogens with zero attached hydrogens (tertiary/aromatic N) is 2. The Labute approximate surface area is 125 Å². The molecule has 1 aromatic heterocycles. The van der Waals surface area contributed by atoms with Gasteiger partial charge in [-0.05, 0) is 22.0 Å². The molecular formula is C11H7BrN2O5S. The number of hydrogen-bond donors (Lipinski definition) is 1. The van der Waals surface area contributed by atoms with Gasteiger partial charge in [0.2, 0.25) is 10.8 Å². The van der Waals surface area contributed by atoms with Gasteiger partial charge in [-0.25, -0.2) is 9.78 Å². The van der Waals surface area contributed by atoms with Gasteiger partial charge in [-0.15, -0.1) is 11.3 Å². The fourth-order valence-electron chi connectivity index (χ4n) is 1.40. The number of aromatic carboxylic acids is 1. The van der Waals surface area contributed by atoms with Crippen LogP contribution in [0.5, 0.6) is 5.75 Å². The van der Waals surface area contributed by atoms with Crippen molar-refractivity contribution in [1.29, 1.82) is 0 Å². The predicted molar refractivity (Wildman–Crippen MR) is 74.2 cm³/mol. The first-order chi connectivity index (χ1) is 9.49. The number of ether oxygens (including phenoxy) is 1. The van der Waals surface area contributed by atoms with Crippen molar-refractivity contribution in [2.24, 2.45) is 0 Å². The van der Waals surface area contributed by atoms with E-state index in [1.54, 1.807) is 6.07 Å². The number of nitro benzene ring substituents is 1. The molecule has 1 N–H and O–H groups in total. The average Bonchev–Trinajstić information content (AvgIpc) is 2.86. The maximum atomic E-state index is 10.9. The Morgan fingerprint density at radius 1 is 1.55 bits per heavy atom. The second-order valence-electron chi connectivity index (χ2n) is 3.58. The van der Waals surface area contributed by atoms with Crippen LogP contribution in [0.25, 0.3) is 0 Å². The Hall–Kier alpha value is -2.00. The molecular weight excluding hydrogens is 352 g/mol. The molecule has 0 aliphatic rings. The number of carboxylic acids is 1. The quantitative estimate of drug-likeness (QED) is 0.650. The summed E-state index contributed by atoms with van der Waals surface area (Å²) in [4.78, 5) is 24.9. The topological polar surface area (TPSA) is 103 Å². The number of hydrogen-bond acceptors (Lipinski definition) is 6. The van der Waals surface area contributed by atoms with Crippen LogP contribution in [0.1, 0.15) is 15.5 Å². The van der Waals surface area contributed by atoms with Crippen LogP contribution in [0.3, 0.4) is 0 Å². The Morgan fingerprint density at radius 3 is 2.90 bits per heavy atom. The van der Waals surface area contributed by atoms with Gasteiger partial charge >= 0.3 is 11.7 Å². The smallest absolute Gasteiger partial charge is 0.365 e. The lowest BCUT2D eigenvalue weighted by molar-refractivity contribution is -0.386. The monoisotopic (exact) mass is 358 g/mol. The Bertz CT molecular complexity index is 673. The van der Waals surface area contributed by atoms with Gasteiger partial charge in [0.1, 0.15) is 6.61 Å². The zero-order chi connectivity index (χ0) is 14.7. The number of rotatable bonds is 5. The highest BCUT2D eigenvalue weighted by molar-refractivity contribution is 9.10. The van der Waals surface area contributed by atoms with Gasteiger partial charge in [0.05, 0.1) is 15.1 Å². The molecule has 0 bridgehead atoms. The zero-order valence-corrected chi connectivity index (χ0v) is 12.2. The summed E-state index contributed by atoms with van der Waals surface area (Å²) in [6.45, 7) is -0.0484. The highest BCUT2D eigenvalue weighted by atomic mass is 79.9. The third-order valence-electron chi connectivity index (χ3n) is 2.24. The summed E-state index contributed by atoms with van der Waals surface area (Å²) < 4.78 is 5.82. The van der Waals surface area contributed by atoms with Gasteiger partial charge in [0.15, 0.2) is 0 Å². The SMILES string of the molecule is O=C(O)c1nc(COc2c(Br)cccc2[N+](=O)[O-])cs1. The summed E-state index contributed by atoms with van der Waals surface area (Å²) in [5, 5.41) is 21.1. The molecule has 9 heteroatoms. The molecule has 0 atom stereocenters. The van der Waals surface area contributed by atoms with Crippen molar-refractivity contribution in [1.82, 2.24) is 4.98 Å². The molecule has 2 rings (SSSR count). The number of carbonyl (C=O) groups is 1. The van der Waals surface area contributed by atoms with E-state index in [1.165, 1.54) is 17.5 Å². The fraction of sp³-hybridized carbons (Fsp3) is 0.0909. The van der Waals surface area contributed by atoms with Crippen LogP contribution in [0.2, 0.25) is 0 Å². The van der Waals surface area contributed by atoms with Crippen molar-refractivity contribution < 1.29 is 19.6 Å². The van der Waals surface area contributed by atoms with Crippen molar-refractivity contribution in [3.63, 3.8) is 0 Å². The number of nitro groups is 1. The lowest BCUT2D eigenvalue weighted by Gasteiger charge is -2.06. The Morgan fingerprint density at radius 2 is 2.30 bits per heavy atom.